The van der Waals surface area contributed by atoms with Crippen LogP contribution in [-0.2, 0) is 9.53 Å². The third-order valence-electron chi connectivity index (χ3n) is 3.91. The van der Waals surface area contributed by atoms with Crippen LogP contribution in [0.25, 0.3) is 5.70 Å². The van der Waals surface area contributed by atoms with Crippen LogP contribution in [0, 0.1) is 0 Å². The van der Waals surface area contributed by atoms with E-state index in [9.17, 15) is 4.79 Å². The maximum Gasteiger partial charge on any atom is 0.338 e. The predicted octanol–water partition coefficient (Wildman–Crippen LogP) is 4.49. The maximum absolute atomic E-state index is 12.8. The normalized spacial score (nSPS) is 16.7. The molecule has 7 heteroatoms. The van der Waals surface area contributed by atoms with Crippen LogP contribution in [0.4, 0.5) is 0 Å². The van der Waals surface area contributed by atoms with Crippen molar-refractivity contribution in [1.29, 1.82) is 0 Å². The molecule has 0 amide bonds. The topological polar surface area (TPSA) is 50.4 Å². The van der Waals surface area contributed by atoms with Crippen LogP contribution in [0.1, 0.15) is 24.1 Å². The molecule has 2 N–H and O–H groups in total. The van der Waals surface area contributed by atoms with Crippen LogP contribution in [0.15, 0.2) is 54.1 Å². The number of hydrogen-bond donors (Lipinski definition) is 2. The van der Waals surface area contributed by atoms with Crippen molar-refractivity contribution in [3.05, 3.63) is 75.3 Å². The Morgan fingerprint density at radius 3 is 2.54 bits per heavy atom. The van der Waals surface area contributed by atoms with Crippen molar-refractivity contribution in [2.45, 2.75) is 13.0 Å². The van der Waals surface area contributed by atoms with E-state index in [0.29, 0.717) is 26.4 Å². The number of hydrogen-bond acceptors (Lipinski definition) is 3. The van der Waals surface area contributed by atoms with Crippen LogP contribution in [0.3, 0.4) is 0 Å². The summed E-state index contributed by atoms with van der Waals surface area (Å²) in [6.07, 6.45) is 0. The van der Waals surface area contributed by atoms with Gasteiger partial charge in [0.05, 0.1) is 34.0 Å². The summed E-state index contributed by atoms with van der Waals surface area (Å²) in [7, 11) is 0. The summed E-state index contributed by atoms with van der Waals surface area (Å²) in [5.74, 6) is -0.426. The van der Waals surface area contributed by atoms with E-state index in [1.807, 2.05) is 36.4 Å². The highest BCUT2D eigenvalue weighted by atomic mass is 35.5. The van der Waals surface area contributed by atoms with E-state index in [0.717, 1.165) is 11.1 Å². The number of rotatable bonds is 4. The molecule has 0 unspecified atom stereocenters. The molecule has 1 atom stereocenters. The molecule has 134 valence electrons. The monoisotopic (exact) mass is 406 g/mol. The van der Waals surface area contributed by atoms with Crippen molar-refractivity contribution in [2.75, 3.05) is 6.61 Å². The smallest absolute Gasteiger partial charge is 0.338 e. The van der Waals surface area contributed by atoms with Gasteiger partial charge in [-0.15, -0.1) is 0 Å². The predicted molar refractivity (Wildman–Crippen MR) is 108 cm³/mol. The molecule has 2 aromatic rings. The van der Waals surface area contributed by atoms with Gasteiger partial charge in [0.1, 0.15) is 0 Å². The molecule has 1 aliphatic rings. The second-order valence-electron chi connectivity index (χ2n) is 5.58. The van der Waals surface area contributed by atoms with Gasteiger partial charge < -0.3 is 15.4 Å². The maximum atomic E-state index is 12.8. The van der Waals surface area contributed by atoms with Gasteiger partial charge in [-0.05, 0) is 42.4 Å². The van der Waals surface area contributed by atoms with Gasteiger partial charge in [-0.2, -0.15) is 0 Å². The lowest BCUT2D eigenvalue weighted by atomic mass is 9.93. The number of nitrogens with one attached hydrogen (secondary N) is 2. The number of esters is 1. The van der Waals surface area contributed by atoms with Gasteiger partial charge in [0.25, 0.3) is 0 Å². The highest BCUT2D eigenvalue weighted by molar-refractivity contribution is 7.80. The van der Waals surface area contributed by atoms with E-state index < -0.39 is 12.0 Å². The highest BCUT2D eigenvalue weighted by Crippen LogP contribution is 2.34. The van der Waals surface area contributed by atoms with Gasteiger partial charge >= 0.3 is 5.97 Å². The quantitative estimate of drug-likeness (QED) is 0.578. The Hall–Kier alpha value is -2.08. The Bertz CT molecular complexity index is 884. The SMILES string of the molecule is CCOC(=O)C1=C(c2ccccc2)NC(=S)N[C@H]1c1ccc(Cl)c(Cl)c1. The molecule has 0 spiro atoms. The van der Waals surface area contributed by atoms with Crippen molar-refractivity contribution in [1.82, 2.24) is 10.6 Å². The third kappa shape index (κ3) is 3.85. The molecule has 0 bridgehead atoms. The van der Waals surface area contributed by atoms with Crippen molar-refractivity contribution < 1.29 is 9.53 Å². The first-order chi connectivity index (χ1) is 12.5. The number of halogens is 2. The lowest BCUT2D eigenvalue weighted by Gasteiger charge is -2.31. The second-order valence-corrected chi connectivity index (χ2v) is 6.80. The lowest BCUT2D eigenvalue weighted by molar-refractivity contribution is -0.138. The van der Waals surface area contributed by atoms with Crippen LogP contribution < -0.4 is 10.6 Å². The Morgan fingerprint density at radius 1 is 1.15 bits per heavy atom. The van der Waals surface area contributed by atoms with E-state index in [4.69, 9.17) is 40.2 Å². The summed E-state index contributed by atoms with van der Waals surface area (Å²) < 4.78 is 5.29. The molecule has 0 fully saturated rings. The molecular formula is C19H16Cl2N2O2S. The summed E-state index contributed by atoms with van der Waals surface area (Å²) in [6, 6.07) is 14.2. The molecule has 3 rings (SSSR count). The Labute approximate surface area is 167 Å². The van der Waals surface area contributed by atoms with E-state index in [2.05, 4.69) is 10.6 Å². The molecule has 0 saturated heterocycles. The van der Waals surface area contributed by atoms with E-state index >= 15 is 0 Å². The Balaban J connectivity index is 2.18. The first-order valence-electron chi connectivity index (χ1n) is 8.00. The van der Waals surface area contributed by atoms with Gasteiger partial charge in [0.2, 0.25) is 0 Å². The molecule has 0 aliphatic carbocycles. The van der Waals surface area contributed by atoms with Crippen LogP contribution in [0.2, 0.25) is 10.0 Å². The molecule has 2 aromatic carbocycles. The largest absolute Gasteiger partial charge is 0.463 e. The van der Waals surface area contributed by atoms with Crippen LogP contribution in [-0.4, -0.2) is 17.7 Å². The minimum Gasteiger partial charge on any atom is -0.463 e. The number of ether oxygens (including phenoxy) is 1. The molecule has 1 heterocycles. The van der Waals surface area contributed by atoms with E-state index in [1.54, 1.807) is 19.1 Å². The zero-order valence-corrected chi connectivity index (χ0v) is 16.2. The molecule has 26 heavy (non-hydrogen) atoms. The molecule has 4 nitrogen and oxygen atoms in total. The number of carbonyl (C=O) groups excluding carboxylic acids is 1. The highest BCUT2D eigenvalue weighted by Gasteiger charge is 2.33. The molecule has 0 radical (unpaired) electrons. The van der Waals surface area contributed by atoms with E-state index in [-0.39, 0.29) is 6.61 Å². The average Bonchev–Trinajstić information content (AvgIpc) is 2.64. The number of thiocarbonyl (C=S) groups is 1. The lowest BCUT2D eigenvalue weighted by Crippen LogP contribution is -2.45. The standard InChI is InChI=1S/C19H16Cl2N2O2S/c1-2-25-18(24)15-16(11-6-4-3-5-7-11)22-19(26)23-17(15)12-8-9-13(20)14(21)10-12/h3-10,17H,2H2,1H3,(H2,22,23,26)/t17-/m0/s1. The first-order valence-corrected chi connectivity index (χ1v) is 9.17. The molecule has 0 saturated carbocycles. The van der Waals surface area contributed by atoms with Gasteiger partial charge in [-0.3, -0.25) is 0 Å². The van der Waals surface area contributed by atoms with Gasteiger partial charge in [-0.25, -0.2) is 4.79 Å². The Morgan fingerprint density at radius 2 is 1.88 bits per heavy atom. The number of benzene rings is 2. The second kappa shape index (κ2) is 8.08. The Kier molecular flexibility index (Phi) is 5.81. The summed E-state index contributed by atoms with van der Waals surface area (Å²) in [6.45, 7) is 2.03. The van der Waals surface area contributed by atoms with Crippen molar-refractivity contribution in [3.8, 4) is 0 Å². The fourth-order valence-electron chi connectivity index (χ4n) is 2.77. The summed E-state index contributed by atoms with van der Waals surface area (Å²) in [5.41, 5.74) is 2.65. The summed E-state index contributed by atoms with van der Waals surface area (Å²) in [4.78, 5) is 12.8. The fourth-order valence-corrected chi connectivity index (χ4v) is 3.29. The minimum atomic E-state index is -0.507. The van der Waals surface area contributed by atoms with Crippen molar-refractivity contribution in [2.24, 2.45) is 0 Å². The third-order valence-corrected chi connectivity index (χ3v) is 4.87. The first kappa shape index (κ1) is 18.7. The molecule has 0 aromatic heterocycles. The van der Waals surface area contributed by atoms with Crippen molar-refractivity contribution >= 4 is 52.2 Å². The summed E-state index contributed by atoms with van der Waals surface area (Å²) >= 11 is 17.6. The van der Waals surface area contributed by atoms with E-state index in [1.165, 1.54) is 0 Å². The van der Waals surface area contributed by atoms with Crippen LogP contribution >= 0.6 is 35.4 Å². The summed E-state index contributed by atoms with van der Waals surface area (Å²) in [5, 5.41) is 7.47. The number of carbonyl (C=O) groups is 1. The minimum absolute atomic E-state index is 0.267. The van der Waals surface area contributed by atoms with Gasteiger partial charge in [0.15, 0.2) is 5.11 Å². The zero-order valence-electron chi connectivity index (χ0n) is 13.9. The van der Waals surface area contributed by atoms with Crippen molar-refractivity contribution in [3.63, 3.8) is 0 Å². The molecular weight excluding hydrogens is 391 g/mol. The van der Waals surface area contributed by atoms with Gasteiger partial charge in [-0.1, -0.05) is 59.6 Å². The van der Waals surface area contributed by atoms with Crippen LogP contribution in [0.5, 0.6) is 0 Å². The van der Waals surface area contributed by atoms with Gasteiger partial charge in [0, 0.05) is 0 Å². The zero-order chi connectivity index (χ0) is 18.7. The average molecular weight is 407 g/mol. The molecule has 1 aliphatic heterocycles. The fraction of sp³-hybridized carbons (Fsp3) is 0.158.